The van der Waals surface area contributed by atoms with Gasteiger partial charge in [-0.05, 0) is 11.6 Å². The summed E-state index contributed by atoms with van der Waals surface area (Å²) < 4.78 is 0. The van der Waals surface area contributed by atoms with E-state index in [9.17, 15) is 14.7 Å². The van der Waals surface area contributed by atoms with Gasteiger partial charge in [0.25, 0.3) is 0 Å². The van der Waals surface area contributed by atoms with Gasteiger partial charge in [-0.15, -0.1) is 0 Å². The van der Waals surface area contributed by atoms with Crippen LogP contribution in [0.5, 0.6) is 0 Å². The summed E-state index contributed by atoms with van der Waals surface area (Å²) >= 11 is 0. The summed E-state index contributed by atoms with van der Waals surface area (Å²) in [6.45, 7) is 0. The van der Waals surface area contributed by atoms with Crippen molar-refractivity contribution in [1.82, 2.24) is 0 Å². The van der Waals surface area contributed by atoms with Crippen molar-refractivity contribution in [1.29, 1.82) is 0 Å². The summed E-state index contributed by atoms with van der Waals surface area (Å²) in [5, 5.41) is 10.2. The predicted molar refractivity (Wildman–Crippen MR) is 36.2 cm³/mol. The van der Waals surface area contributed by atoms with Gasteiger partial charge < -0.3 is 9.90 Å². The standard InChI is InChI=1S/C8H6O3.Na/c9-5-6-2-1-3-7(4-6)8(10)11;/h1-5H,(H,10,11);/q;+1/p-1. The number of hydrogen-bond donors (Lipinski definition) is 0. The molecule has 0 unspecified atom stereocenters. The van der Waals surface area contributed by atoms with Crippen molar-refractivity contribution >= 4 is 12.3 Å². The van der Waals surface area contributed by atoms with Crippen molar-refractivity contribution in [3.8, 4) is 0 Å². The number of aromatic carboxylic acids is 1. The molecule has 0 aromatic heterocycles. The van der Waals surface area contributed by atoms with E-state index in [-0.39, 0.29) is 35.1 Å². The molecule has 1 rings (SSSR count). The molecule has 0 radical (unpaired) electrons. The molecule has 0 aliphatic heterocycles. The first-order chi connectivity index (χ1) is 5.24. The molecule has 3 nitrogen and oxygen atoms in total. The third-order valence-corrected chi connectivity index (χ3v) is 1.26. The summed E-state index contributed by atoms with van der Waals surface area (Å²) in [6.07, 6.45) is 0.590. The molecule has 0 heterocycles. The van der Waals surface area contributed by atoms with E-state index in [1.807, 2.05) is 0 Å². The Hall–Kier alpha value is -0.640. The molecule has 0 aliphatic rings. The Bertz CT molecular complexity index is 296. The SMILES string of the molecule is O=Cc1cccc(C(=O)[O-])c1.[Na+]. The Balaban J connectivity index is 0.00000121. The van der Waals surface area contributed by atoms with Gasteiger partial charge in [-0.1, -0.05) is 18.2 Å². The minimum Gasteiger partial charge on any atom is -0.545 e. The van der Waals surface area contributed by atoms with Gasteiger partial charge in [-0.3, -0.25) is 4.79 Å². The van der Waals surface area contributed by atoms with Crippen molar-refractivity contribution in [2.45, 2.75) is 0 Å². The Morgan fingerprint density at radius 2 is 2.08 bits per heavy atom. The maximum atomic E-state index is 10.2. The smallest absolute Gasteiger partial charge is 0.545 e. The molecule has 0 saturated heterocycles. The average Bonchev–Trinajstić information content (AvgIpc) is 2.05. The van der Waals surface area contributed by atoms with Gasteiger partial charge in [-0.25, -0.2) is 0 Å². The number of hydrogen-bond acceptors (Lipinski definition) is 3. The van der Waals surface area contributed by atoms with Crippen LogP contribution in [0.1, 0.15) is 20.7 Å². The number of rotatable bonds is 2. The fourth-order valence-electron chi connectivity index (χ4n) is 0.739. The van der Waals surface area contributed by atoms with Crippen molar-refractivity contribution in [2.75, 3.05) is 0 Å². The minimum absolute atomic E-state index is 0. The topological polar surface area (TPSA) is 57.2 Å². The van der Waals surface area contributed by atoms with Crippen LogP contribution in [0.25, 0.3) is 0 Å². The van der Waals surface area contributed by atoms with Gasteiger partial charge >= 0.3 is 29.6 Å². The van der Waals surface area contributed by atoms with Gasteiger partial charge in [0.1, 0.15) is 6.29 Å². The Labute approximate surface area is 91.7 Å². The normalized spacial score (nSPS) is 8.33. The van der Waals surface area contributed by atoms with Crippen molar-refractivity contribution in [2.24, 2.45) is 0 Å². The van der Waals surface area contributed by atoms with E-state index in [0.717, 1.165) is 0 Å². The monoisotopic (exact) mass is 172 g/mol. The van der Waals surface area contributed by atoms with Gasteiger partial charge in [0.15, 0.2) is 0 Å². The van der Waals surface area contributed by atoms with Crippen LogP contribution >= 0.6 is 0 Å². The molecule has 1 aromatic carbocycles. The van der Waals surface area contributed by atoms with Crippen LogP contribution in [0.2, 0.25) is 0 Å². The molecule has 0 bridgehead atoms. The second-order valence-electron chi connectivity index (χ2n) is 2.03. The number of carbonyl (C=O) groups excluding carboxylic acids is 2. The molecule has 56 valence electrons. The Morgan fingerprint density at radius 1 is 1.42 bits per heavy atom. The van der Waals surface area contributed by atoms with Gasteiger partial charge in [0.2, 0.25) is 0 Å². The van der Waals surface area contributed by atoms with Crippen molar-refractivity contribution in [3.05, 3.63) is 35.4 Å². The third-order valence-electron chi connectivity index (χ3n) is 1.26. The van der Waals surface area contributed by atoms with Crippen LogP contribution in [0.3, 0.4) is 0 Å². The van der Waals surface area contributed by atoms with Crippen LogP contribution in [0.4, 0.5) is 0 Å². The number of aldehydes is 1. The molecular formula is C8H5NaO3. The largest absolute Gasteiger partial charge is 1.00 e. The van der Waals surface area contributed by atoms with Gasteiger partial charge in [0, 0.05) is 5.56 Å². The second kappa shape index (κ2) is 5.09. The molecule has 0 fully saturated rings. The zero-order valence-electron chi connectivity index (χ0n) is 6.61. The van der Waals surface area contributed by atoms with Crippen LogP contribution in [-0.2, 0) is 0 Å². The molecule has 0 saturated carbocycles. The summed E-state index contributed by atoms with van der Waals surface area (Å²) in [5.41, 5.74) is 0.362. The summed E-state index contributed by atoms with van der Waals surface area (Å²) in [4.78, 5) is 20.4. The molecule has 0 amide bonds. The first-order valence-electron chi connectivity index (χ1n) is 3.00. The fraction of sp³-hybridized carbons (Fsp3) is 0. The maximum Gasteiger partial charge on any atom is 1.00 e. The zero-order valence-corrected chi connectivity index (χ0v) is 8.61. The number of carboxylic acids is 1. The number of carbonyl (C=O) groups is 2. The minimum atomic E-state index is -1.27. The molecule has 1 aromatic rings. The van der Waals surface area contributed by atoms with Crippen LogP contribution < -0.4 is 34.7 Å². The summed E-state index contributed by atoms with van der Waals surface area (Å²) in [5.74, 6) is -1.27. The van der Waals surface area contributed by atoms with Gasteiger partial charge in [-0.2, -0.15) is 0 Å². The van der Waals surface area contributed by atoms with E-state index in [0.29, 0.717) is 11.8 Å². The second-order valence-corrected chi connectivity index (χ2v) is 2.03. The summed E-state index contributed by atoms with van der Waals surface area (Å²) in [6, 6.07) is 5.67. The Morgan fingerprint density at radius 3 is 2.58 bits per heavy atom. The predicted octanol–water partition coefficient (Wildman–Crippen LogP) is -3.13. The van der Waals surface area contributed by atoms with Crippen molar-refractivity contribution < 1.29 is 44.3 Å². The Kier molecular flexibility index (Phi) is 4.81. The van der Waals surface area contributed by atoms with Crippen LogP contribution in [0, 0.1) is 0 Å². The first kappa shape index (κ1) is 11.4. The number of benzene rings is 1. The van der Waals surface area contributed by atoms with Crippen molar-refractivity contribution in [3.63, 3.8) is 0 Å². The van der Waals surface area contributed by atoms with E-state index < -0.39 is 5.97 Å². The fourth-order valence-corrected chi connectivity index (χ4v) is 0.739. The van der Waals surface area contributed by atoms with E-state index in [1.54, 1.807) is 0 Å². The third kappa shape index (κ3) is 2.77. The average molecular weight is 172 g/mol. The zero-order chi connectivity index (χ0) is 8.27. The quantitative estimate of drug-likeness (QED) is 0.350. The first-order valence-corrected chi connectivity index (χ1v) is 3.00. The molecule has 0 spiro atoms. The van der Waals surface area contributed by atoms with Gasteiger partial charge in [0.05, 0.1) is 5.97 Å². The molecule has 0 N–H and O–H groups in total. The van der Waals surface area contributed by atoms with E-state index >= 15 is 0 Å². The van der Waals surface area contributed by atoms with E-state index in [1.165, 1.54) is 24.3 Å². The van der Waals surface area contributed by atoms with Crippen LogP contribution in [-0.4, -0.2) is 12.3 Å². The molecule has 12 heavy (non-hydrogen) atoms. The van der Waals surface area contributed by atoms with E-state index in [4.69, 9.17) is 0 Å². The van der Waals surface area contributed by atoms with E-state index in [2.05, 4.69) is 0 Å². The number of carboxylic acid groups (broad SMARTS) is 1. The maximum absolute atomic E-state index is 10.2. The molecule has 4 heteroatoms. The molecule has 0 aliphatic carbocycles. The van der Waals surface area contributed by atoms with Crippen LogP contribution in [0.15, 0.2) is 24.3 Å². The molecule has 0 atom stereocenters. The molecular weight excluding hydrogens is 167 g/mol. The summed E-state index contributed by atoms with van der Waals surface area (Å²) in [7, 11) is 0.